The van der Waals surface area contributed by atoms with Gasteiger partial charge in [0.1, 0.15) is 0 Å². The van der Waals surface area contributed by atoms with Crippen LogP contribution in [0.2, 0.25) is 5.28 Å². The van der Waals surface area contributed by atoms with Crippen LogP contribution < -0.4 is 4.90 Å². The predicted molar refractivity (Wildman–Crippen MR) is 87.5 cm³/mol. The summed E-state index contributed by atoms with van der Waals surface area (Å²) in [4.78, 5) is 15.6. The molecule has 0 saturated carbocycles. The Morgan fingerprint density at radius 3 is 2.77 bits per heavy atom. The monoisotopic (exact) mass is 323 g/mol. The van der Waals surface area contributed by atoms with Gasteiger partial charge in [-0.2, -0.15) is 9.97 Å². The van der Waals surface area contributed by atoms with Gasteiger partial charge in [0.15, 0.2) is 17.0 Å². The highest BCUT2D eigenvalue weighted by atomic mass is 35.5. The van der Waals surface area contributed by atoms with Crippen molar-refractivity contribution in [2.75, 3.05) is 24.7 Å². The number of halogens is 1. The van der Waals surface area contributed by atoms with Gasteiger partial charge >= 0.3 is 0 Å². The van der Waals surface area contributed by atoms with Crippen molar-refractivity contribution >= 4 is 28.6 Å². The number of hydrogen-bond donors (Lipinski definition) is 0. The number of imidazole rings is 1. The molecule has 0 amide bonds. The summed E-state index contributed by atoms with van der Waals surface area (Å²) in [5, 5.41) is 0.263. The van der Waals surface area contributed by atoms with Crippen molar-refractivity contribution in [2.24, 2.45) is 5.92 Å². The zero-order valence-electron chi connectivity index (χ0n) is 13.5. The van der Waals surface area contributed by atoms with Crippen LogP contribution in [0.15, 0.2) is 6.33 Å². The highest BCUT2D eigenvalue weighted by Crippen LogP contribution is 2.29. The van der Waals surface area contributed by atoms with Gasteiger partial charge in [-0.05, 0) is 31.4 Å². The van der Waals surface area contributed by atoms with Gasteiger partial charge in [0, 0.05) is 12.6 Å². The second kappa shape index (κ2) is 6.01. The molecule has 0 radical (unpaired) electrons. The van der Waals surface area contributed by atoms with Gasteiger partial charge in [-0.1, -0.05) is 13.8 Å². The quantitative estimate of drug-likeness (QED) is 0.813. The molecule has 0 bridgehead atoms. The zero-order chi connectivity index (χ0) is 15.9. The van der Waals surface area contributed by atoms with Crippen LogP contribution >= 0.6 is 11.6 Å². The highest BCUT2D eigenvalue weighted by molar-refractivity contribution is 6.28. The van der Waals surface area contributed by atoms with E-state index in [2.05, 4.69) is 52.1 Å². The second-order valence-electron chi connectivity index (χ2n) is 6.24. The van der Waals surface area contributed by atoms with Crippen molar-refractivity contribution in [3.05, 3.63) is 11.6 Å². The van der Waals surface area contributed by atoms with Gasteiger partial charge in [-0.15, -0.1) is 0 Å². The average molecular weight is 324 g/mol. The Kier molecular flexibility index (Phi) is 4.23. The summed E-state index contributed by atoms with van der Waals surface area (Å²) in [7, 11) is 0. The maximum Gasteiger partial charge on any atom is 0.226 e. The van der Waals surface area contributed by atoms with Crippen LogP contribution in [0.1, 0.15) is 33.7 Å². The Morgan fingerprint density at radius 1 is 1.32 bits per heavy atom. The van der Waals surface area contributed by atoms with Crippen LogP contribution in [0.4, 0.5) is 5.82 Å². The molecule has 1 saturated heterocycles. The third-order valence-electron chi connectivity index (χ3n) is 4.42. The van der Waals surface area contributed by atoms with E-state index in [0.29, 0.717) is 25.2 Å². The molecule has 0 N–H and O–H groups in total. The molecule has 0 aromatic carbocycles. The fraction of sp³-hybridized carbons (Fsp3) is 0.667. The molecule has 0 aliphatic carbocycles. The molecule has 0 spiro atoms. The molecule has 1 aliphatic heterocycles. The Labute approximate surface area is 135 Å². The Morgan fingerprint density at radius 2 is 2.09 bits per heavy atom. The van der Waals surface area contributed by atoms with Crippen molar-refractivity contribution in [1.82, 2.24) is 19.5 Å². The summed E-state index contributed by atoms with van der Waals surface area (Å²) < 4.78 is 7.59. The van der Waals surface area contributed by atoms with Gasteiger partial charge < -0.3 is 14.2 Å². The lowest BCUT2D eigenvalue weighted by Crippen LogP contribution is -2.44. The smallest absolute Gasteiger partial charge is 0.226 e. The fourth-order valence-corrected chi connectivity index (χ4v) is 2.90. The SMILES string of the molecule is CC(C)[C@H](C)n1cnc2c(N3CCOC[C@H]3C)nc(Cl)nc21. The van der Waals surface area contributed by atoms with E-state index < -0.39 is 0 Å². The molecule has 1 fully saturated rings. The minimum absolute atomic E-state index is 0.246. The normalized spacial score (nSPS) is 20.8. The van der Waals surface area contributed by atoms with Crippen LogP contribution in [-0.2, 0) is 4.74 Å². The lowest BCUT2D eigenvalue weighted by molar-refractivity contribution is 0.0986. The van der Waals surface area contributed by atoms with Crippen molar-refractivity contribution in [1.29, 1.82) is 0 Å². The van der Waals surface area contributed by atoms with Crippen molar-refractivity contribution < 1.29 is 4.74 Å². The maximum atomic E-state index is 6.18. The van der Waals surface area contributed by atoms with Gasteiger partial charge in [0.05, 0.1) is 25.6 Å². The topological polar surface area (TPSA) is 56.1 Å². The van der Waals surface area contributed by atoms with Gasteiger partial charge in [-0.25, -0.2) is 4.98 Å². The fourth-order valence-electron chi connectivity index (χ4n) is 2.74. The summed E-state index contributed by atoms with van der Waals surface area (Å²) in [6.07, 6.45) is 1.84. The maximum absolute atomic E-state index is 6.18. The van der Waals surface area contributed by atoms with Crippen LogP contribution in [0.3, 0.4) is 0 Å². The average Bonchev–Trinajstić information content (AvgIpc) is 2.89. The van der Waals surface area contributed by atoms with Crippen molar-refractivity contribution in [2.45, 2.75) is 39.8 Å². The van der Waals surface area contributed by atoms with E-state index in [4.69, 9.17) is 16.3 Å². The van der Waals surface area contributed by atoms with Gasteiger partial charge in [0.25, 0.3) is 0 Å². The molecular weight excluding hydrogens is 302 g/mol. The standard InChI is InChI=1S/C15H22ClN5O/c1-9(2)11(4)21-8-17-12-13(18-15(16)19-14(12)21)20-5-6-22-7-10(20)3/h8-11H,5-7H2,1-4H3/t10-,11+/m1/s1. The molecule has 22 heavy (non-hydrogen) atoms. The first-order valence-corrected chi connectivity index (χ1v) is 8.11. The highest BCUT2D eigenvalue weighted by Gasteiger charge is 2.25. The molecule has 2 aromatic rings. The van der Waals surface area contributed by atoms with E-state index in [1.165, 1.54) is 0 Å². The van der Waals surface area contributed by atoms with Crippen molar-refractivity contribution in [3.8, 4) is 0 Å². The molecule has 1 aliphatic rings. The molecule has 6 nitrogen and oxygen atoms in total. The summed E-state index contributed by atoms with van der Waals surface area (Å²) in [5.41, 5.74) is 1.61. The van der Waals surface area contributed by atoms with Crippen molar-refractivity contribution in [3.63, 3.8) is 0 Å². The van der Waals surface area contributed by atoms with Gasteiger partial charge in [-0.3, -0.25) is 0 Å². The van der Waals surface area contributed by atoms with Crippen LogP contribution in [0.25, 0.3) is 11.2 Å². The lowest BCUT2D eigenvalue weighted by atomic mass is 10.1. The van der Waals surface area contributed by atoms with E-state index >= 15 is 0 Å². The third kappa shape index (κ3) is 2.65. The summed E-state index contributed by atoms with van der Waals surface area (Å²) >= 11 is 6.18. The van der Waals surface area contributed by atoms with E-state index in [0.717, 1.165) is 23.5 Å². The van der Waals surface area contributed by atoms with E-state index in [9.17, 15) is 0 Å². The van der Waals surface area contributed by atoms with E-state index in [-0.39, 0.29) is 11.3 Å². The number of aromatic nitrogens is 4. The molecular formula is C15H22ClN5O. The number of ether oxygens (including phenoxy) is 1. The number of nitrogens with zero attached hydrogens (tertiary/aromatic N) is 5. The van der Waals surface area contributed by atoms with E-state index in [1.807, 2.05) is 6.33 Å². The summed E-state index contributed by atoms with van der Waals surface area (Å²) in [6, 6.07) is 0.543. The minimum Gasteiger partial charge on any atom is -0.377 e. The predicted octanol–water partition coefficient (Wildman–Crippen LogP) is 2.92. The molecule has 3 rings (SSSR count). The Bertz CT molecular complexity index is 671. The summed E-state index contributed by atoms with van der Waals surface area (Å²) in [6.45, 7) is 10.8. The van der Waals surface area contributed by atoms with Crippen LogP contribution in [0, 0.1) is 5.92 Å². The number of rotatable bonds is 3. The lowest BCUT2D eigenvalue weighted by Gasteiger charge is -2.34. The van der Waals surface area contributed by atoms with Crippen LogP contribution in [-0.4, -0.2) is 45.3 Å². The third-order valence-corrected chi connectivity index (χ3v) is 4.59. The number of fused-ring (bicyclic) bond motifs is 1. The van der Waals surface area contributed by atoms with Crippen LogP contribution in [0.5, 0.6) is 0 Å². The molecule has 2 atom stereocenters. The van der Waals surface area contributed by atoms with E-state index in [1.54, 1.807) is 0 Å². The number of anilines is 1. The molecule has 2 aromatic heterocycles. The number of hydrogen-bond acceptors (Lipinski definition) is 5. The first-order valence-electron chi connectivity index (χ1n) is 7.73. The summed E-state index contributed by atoms with van der Waals surface area (Å²) in [5.74, 6) is 1.29. The first kappa shape index (κ1) is 15.5. The largest absolute Gasteiger partial charge is 0.377 e. The molecule has 120 valence electrons. The number of morpholine rings is 1. The molecule has 3 heterocycles. The molecule has 0 unspecified atom stereocenters. The Hall–Kier alpha value is -1.40. The Balaban J connectivity index is 2.11. The first-order chi connectivity index (χ1) is 10.5. The zero-order valence-corrected chi connectivity index (χ0v) is 14.2. The molecule has 7 heteroatoms. The second-order valence-corrected chi connectivity index (χ2v) is 6.58. The van der Waals surface area contributed by atoms with Gasteiger partial charge in [0.2, 0.25) is 5.28 Å². The minimum atomic E-state index is 0.246.